The highest BCUT2D eigenvalue weighted by Crippen LogP contribution is 2.18. The molecule has 2 rings (SSSR count). The van der Waals surface area contributed by atoms with Crippen LogP contribution >= 0.6 is 0 Å². The fourth-order valence-corrected chi connectivity index (χ4v) is 3.02. The molecule has 140 valence electrons. The van der Waals surface area contributed by atoms with Crippen molar-refractivity contribution in [1.29, 1.82) is 0 Å². The van der Waals surface area contributed by atoms with Gasteiger partial charge in [0.15, 0.2) is 5.69 Å². The topological polar surface area (TPSA) is 87.5 Å². The van der Waals surface area contributed by atoms with E-state index in [1.54, 1.807) is 4.90 Å². The first-order chi connectivity index (χ1) is 12.1. The second-order valence-electron chi connectivity index (χ2n) is 6.59. The number of oxazole rings is 1. The van der Waals surface area contributed by atoms with E-state index in [0.717, 1.165) is 25.7 Å². The normalized spacial score (nSPS) is 15.0. The summed E-state index contributed by atoms with van der Waals surface area (Å²) in [4.78, 5) is 30.4. The molecule has 1 aliphatic carbocycles. The first-order valence-electron chi connectivity index (χ1n) is 9.42. The number of hydrogen-bond acceptors (Lipinski definition) is 4. The van der Waals surface area contributed by atoms with Gasteiger partial charge in [-0.3, -0.25) is 4.79 Å². The highest BCUT2D eigenvalue weighted by molar-refractivity contribution is 5.91. The SMILES string of the molecule is CCCNC(=O)c1coc(CN(CCC)C(=O)NC2CCCCC2)n1. The molecule has 1 saturated carbocycles. The first kappa shape index (κ1) is 19.3. The Labute approximate surface area is 149 Å². The molecule has 25 heavy (non-hydrogen) atoms. The average molecular weight is 350 g/mol. The van der Waals surface area contributed by atoms with Crippen molar-refractivity contribution in [2.24, 2.45) is 0 Å². The van der Waals surface area contributed by atoms with Crippen molar-refractivity contribution < 1.29 is 14.0 Å². The Morgan fingerprint density at radius 3 is 2.68 bits per heavy atom. The van der Waals surface area contributed by atoms with E-state index in [4.69, 9.17) is 4.42 Å². The van der Waals surface area contributed by atoms with Gasteiger partial charge in [-0.2, -0.15) is 0 Å². The fraction of sp³-hybridized carbons (Fsp3) is 0.722. The quantitative estimate of drug-likeness (QED) is 0.754. The van der Waals surface area contributed by atoms with E-state index >= 15 is 0 Å². The van der Waals surface area contributed by atoms with Crippen molar-refractivity contribution in [2.75, 3.05) is 13.1 Å². The molecular formula is C18H30N4O3. The second-order valence-corrected chi connectivity index (χ2v) is 6.59. The molecule has 1 aromatic heterocycles. The maximum atomic E-state index is 12.6. The Hall–Kier alpha value is -2.05. The van der Waals surface area contributed by atoms with Crippen LogP contribution in [0.2, 0.25) is 0 Å². The maximum Gasteiger partial charge on any atom is 0.318 e. The smallest absolute Gasteiger partial charge is 0.318 e. The van der Waals surface area contributed by atoms with Gasteiger partial charge in [-0.1, -0.05) is 33.1 Å². The van der Waals surface area contributed by atoms with E-state index in [1.165, 1.54) is 25.5 Å². The molecule has 1 fully saturated rings. The molecule has 0 radical (unpaired) electrons. The zero-order chi connectivity index (χ0) is 18.1. The van der Waals surface area contributed by atoms with Gasteiger partial charge in [0.2, 0.25) is 5.89 Å². The molecule has 0 aromatic carbocycles. The molecule has 7 nitrogen and oxygen atoms in total. The summed E-state index contributed by atoms with van der Waals surface area (Å²) in [6.45, 7) is 5.51. The lowest BCUT2D eigenvalue weighted by atomic mass is 9.96. The van der Waals surface area contributed by atoms with Crippen molar-refractivity contribution in [2.45, 2.75) is 71.4 Å². The Morgan fingerprint density at radius 2 is 2.00 bits per heavy atom. The third-order valence-corrected chi connectivity index (χ3v) is 4.36. The summed E-state index contributed by atoms with van der Waals surface area (Å²) in [5, 5.41) is 5.88. The number of aromatic nitrogens is 1. The number of rotatable bonds is 8. The summed E-state index contributed by atoms with van der Waals surface area (Å²) in [7, 11) is 0. The molecule has 1 heterocycles. The molecule has 0 bridgehead atoms. The summed E-state index contributed by atoms with van der Waals surface area (Å²) in [6, 6.07) is 0.185. The van der Waals surface area contributed by atoms with Crippen molar-refractivity contribution in [3.8, 4) is 0 Å². The van der Waals surface area contributed by atoms with Gasteiger partial charge < -0.3 is 20.0 Å². The minimum Gasteiger partial charge on any atom is -0.446 e. The molecule has 0 spiro atoms. The Morgan fingerprint density at radius 1 is 1.24 bits per heavy atom. The van der Waals surface area contributed by atoms with Gasteiger partial charge in [0.1, 0.15) is 6.26 Å². The van der Waals surface area contributed by atoms with Crippen LogP contribution in [0.4, 0.5) is 4.79 Å². The van der Waals surface area contributed by atoms with E-state index in [-0.39, 0.29) is 30.2 Å². The van der Waals surface area contributed by atoms with E-state index in [1.807, 2.05) is 13.8 Å². The number of hydrogen-bond donors (Lipinski definition) is 2. The first-order valence-corrected chi connectivity index (χ1v) is 9.42. The van der Waals surface area contributed by atoms with Gasteiger partial charge in [0.25, 0.3) is 5.91 Å². The molecule has 7 heteroatoms. The van der Waals surface area contributed by atoms with Crippen LogP contribution < -0.4 is 10.6 Å². The van der Waals surface area contributed by atoms with Gasteiger partial charge in [0, 0.05) is 19.1 Å². The fourth-order valence-electron chi connectivity index (χ4n) is 3.02. The summed E-state index contributed by atoms with van der Waals surface area (Å²) in [6.07, 6.45) is 8.76. The zero-order valence-electron chi connectivity index (χ0n) is 15.3. The average Bonchev–Trinajstić information content (AvgIpc) is 3.09. The lowest BCUT2D eigenvalue weighted by molar-refractivity contribution is 0.0948. The molecular weight excluding hydrogens is 320 g/mol. The molecule has 0 saturated heterocycles. The highest BCUT2D eigenvalue weighted by Gasteiger charge is 2.21. The van der Waals surface area contributed by atoms with Gasteiger partial charge in [-0.25, -0.2) is 9.78 Å². The van der Waals surface area contributed by atoms with Crippen LogP contribution in [0.25, 0.3) is 0 Å². The van der Waals surface area contributed by atoms with Gasteiger partial charge in [-0.05, 0) is 25.7 Å². The molecule has 3 amide bonds. The summed E-state index contributed by atoms with van der Waals surface area (Å²) in [5.74, 6) is 0.138. The summed E-state index contributed by atoms with van der Waals surface area (Å²) < 4.78 is 5.39. The van der Waals surface area contributed by atoms with E-state index < -0.39 is 0 Å². The van der Waals surface area contributed by atoms with Crippen LogP contribution in [0, 0.1) is 0 Å². The molecule has 1 aromatic rings. The molecule has 1 aliphatic rings. The minimum absolute atomic E-state index is 0.0797. The van der Waals surface area contributed by atoms with Crippen LogP contribution in [0.3, 0.4) is 0 Å². The molecule has 0 aliphatic heterocycles. The number of nitrogens with one attached hydrogen (secondary N) is 2. The highest BCUT2D eigenvalue weighted by atomic mass is 16.3. The monoisotopic (exact) mass is 350 g/mol. The number of nitrogens with zero attached hydrogens (tertiary/aromatic N) is 2. The minimum atomic E-state index is -0.245. The third-order valence-electron chi connectivity index (χ3n) is 4.36. The largest absolute Gasteiger partial charge is 0.446 e. The zero-order valence-corrected chi connectivity index (χ0v) is 15.3. The Bertz CT molecular complexity index is 552. The van der Waals surface area contributed by atoms with Crippen molar-refractivity contribution in [3.63, 3.8) is 0 Å². The number of urea groups is 1. The Kier molecular flexibility index (Phi) is 7.76. The molecule has 2 N–H and O–H groups in total. The van der Waals surface area contributed by atoms with Gasteiger partial charge in [0.05, 0.1) is 6.54 Å². The van der Waals surface area contributed by atoms with E-state index in [9.17, 15) is 9.59 Å². The summed E-state index contributed by atoms with van der Waals surface area (Å²) >= 11 is 0. The molecule has 0 unspecified atom stereocenters. The van der Waals surface area contributed by atoms with Gasteiger partial charge in [-0.15, -0.1) is 0 Å². The predicted molar refractivity (Wildman–Crippen MR) is 95.2 cm³/mol. The number of amides is 3. The number of carbonyl (C=O) groups excluding carboxylic acids is 2. The second kappa shape index (κ2) is 10.1. The van der Waals surface area contributed by atoms with Crippen molar-refractivity contribution in [1.82, 2.24) is 20.5 Å². The number of carbonyl (C=O) groups is 2. The van der Waals surface area contributed by atoms with E-state index in [2.05, 4.69) is 15.6 Å². The van der Waals surface area contributed by atoms with Crippen LogP contribution in [-0.2, 0) is 6.54 Å². The Balaban J connectivity index is 1.92. The lowest BCUT2D eigenvalue weighted by Gasteiger charge is -2.27. The predicted octanol–water partition coefficient (Wildman–Crippen LogP) is 3.07. The summed E-state index contributed by atoms with van der Waals surface area (Å²) in [5.41, 5.74) is 0.257. The van der Waals surface area contributed by atoms with Crippen LogP contribution in [0.1, 0.15) is 75.2 Å². The maximum absolute atomic E-state index is 12.6. The van der Waals surface area contributed by atoms with Crippen molar-refractivity contribution in [3.05, 3.63) is 17.8 Å². The van der Waals surface area contributed by atoms with Crippen molar-refractivity contribution >= 4 is 11.9 Å². The standard InChI is InChI=1S/C18H30N4O3/c1-3-10-19-17(23)15-13-25-16(21-15)12-22(11-4-2)18(24)20-14-8-6-5-7-9-14/h13-14H,3-12H2,1-2H3,(H,19,23)(H,20,24). The van der Waals surface area contributed by atoms with E-state index in [0.29, 0.717) is 19.0 Å². The van der Waals surface area contributed by atoms with Crippen LogP contribution in [0.15, 0.2) is 10.7 Å². The van der Waals surface area contributed by atoms with Gasteiger partial charge >= 0.3 is 6.03 Å². The lowest BCUT2D eigenvalue weighted by Crippen LogP contribution is -2.45. The molecule has 0 atom stereocenters. The third kappa shape index (κ3) is 6.07. The van der Waals surface area contributed by atoms with Crippen LogP contribution in [-0.4, -0.2) is 41.0 Å². The van der Waals surface area contributed by atoms with Crippen LogP contribution in [0.5, 0.6) is 0 Å².